The molecule has 1 amide bonds. The molecule has 1 aromatic rings. The molecule has 3 nitrogen and oxygen atoms in total. The minimum atomic E-state index is -0.952. The highest BCUT2D eigenvalue weighted by atomic mass is 19.2. The molecular weight excluding hydrogens is 252 g/mol. The van der Waals surface area contributed by atoms with E-state index in [2.05, 4.69) is 0 Å². The lowest BCUT2D eigenvalue weighted by Gasteiger charge is -2.32. The first-order chi connectivity index (χ1) is 9.11. The van der Waals surface area contributed by atoms with E-state index in [0.717, 1.165) is 18.9 Å². The second-order valence-electron chi connectivity index (χ2n) is 4.92. The van der Waals surface area contributed by atoms with E-state index in [1.807, 2.05) is 0 Å². The SMILES string of the molecule is O=C(Cc1cccc(F)c1F)N1CCCC(CO)C1. The number of aliphatic hydroxyl groups is 1. The highest BCUT2D eigenvalue weighted by Gasteiger charge is 2.24. The van der Waals surface area contributed by atoms with Gasteiger partial charge in [0.15, 0.2) is 11.6 Å². The second kappa shape index (κ2) is 6.10. The van der Waals surface area contributed by atoms with Crippen LogP contribution in [0.1, 0.15) is 18.4 Å². The summed E-state index contributed by atoms with van der Waals surface area (Å²) in [6.07, 6.45) is 1.60. The van der Waals surface area contributed by atoms with Crippen molar-refractivity contribution >= 4 is 5.91 Å². The Kier molecular flexibility index (Phi) is 4.47. The van der Waals surface area contributed by atoms with E-state index in [-0.39, 0.29) is 30.4 Å². The Morgan fingerprint density at radius 1 is 1.42 bits per heavy atom. The van der Waals surface area contributed by atoms with E-state index in [1.54, 1.807) is 4.90 Å². The molecule has 0 bridgehead atoms. The number of carbonyl (C=O) groups excluding carboxylic acids is 1. The van der Waals surface area contributed by atoms with Gasteiger partial charge in [0, 0.05) is 25.3 Å². The van der Waals surface area contributed by atoms with E-state index in [9.17, 15) is 13.6 Å². The van der Waals surface area contributed by atoms with Crippen LogP contribution in [-0.2, 0) is 11.2 Å². The summed E-state index contributed by atoms with van der Waals surface area (Å²) in [5.41, 5.74) is 0.0797. The molecule has 1 aromatic carbocycles. The number of likely N-dealkylation sites (tertiary alicyclic amines) is 1. The minimum Gasteiger partial charge on any atom is -0.396 e. The Morgan fingerprint density at radius 3 is 2.95 bits per heavy atom. The van der Waals surface area contributed by atoms with Crippen LogP contribution in [0.15, 0.2) is 18.2 Å². The summed E-state index contributed by atoms with van der Waals surface area (Å²) >= 11 is 0. The van der Waals surface area contributed by atoms with Crippen LogP contribution in [0, 0.1) is 17.6 Å². The lowest BCUT2D eigenvalue weighted by atomic mass is 9.98. The van der Waals surface area contributed by atoms with Crippen molar-refractivity contribution in [1.29, 1.82) is 0 Å². The molecule has 5 heteroatoms. The Balaban J connectivity index is 2.02. The number of hydrogen-bond acceptors (Lipinski definition) is 2. The molecule has 104 valence electrons. The lowest BCUT2D eigenvalue weighted by Crippen LogP contribution is -2.41. The third-order valence-corrected chi connectivity index (χ3v) is 3.50. The Labute approximate surface area is 110 Å². The van der Waals surface area contributed by atoms with Crippen molar-refractivity contribution in [1.82, 2.24) is 4.90 Å². The summed E-state index contributed by atoms with van der Waals surface area (Å²) in [5.74, 6) is -2.01. The van der Waals surface area contributed by atoms with Gasteiger partial charge in [-0.1, -0.05) is 12.1 Å². The molecule has 1 heterocycles. The number of piperidine rings is 1. The molecule has 1 fully saturated rings. The van der Waals surface area contributed by atoms with E-state index >= 15 is 0 Å². The molecular formula is C14H17F2NO2. The second-order valence-corrected chi connectivity index (χ2v) is 4.92. The van der Waals surface area contributed by atoms with Gasteiger partial charge in [-0.15, -0.1) is 0 Å². The van der Waals surface area contributed by atoms with Crippen LogP contribution in [-0.4, -0.2) is 35.6 Å². The van der Waals surface area contributed by atoms with E-state index < -0.39 is 11.6 Å². The minimum absolute atomic E-state index is 0.0537. The molecule has 0 saturated carbocycles. The number of halogens is 2. The predicted molar refractivity (Wildman–Crippen MR) is 66.5 cm³/mol. The average Bonchev–Trinajstić information content (AvgIpc) is 2.44. The monoisotopic (exact) mass is 269 g/mol. The first-order valence-electron chi connectivity index (χ1n) is 6.43. The number of amides is 1. The summed E-state index contributed by atoms with van der Waals surface area (Å²) < 4.78 is 26.5. The number of benzene rings is 1. The smallest absolute Gasteiger partial charge is 0.227 e. The van der Waals surface area contributed by atoms with Crippen LogP contribution < -0.4 is 0 Å². The molecule has 19 heavy (non-hydrogen) atoms. The van der Waals surface area contributed by atoms with Crippen LogP contribution in [0.4, 0.5) is 8.78 Å². The Hall–Kier alpha value is -1.49. The summed E-state index contributed by atoms with van der Waals surface area (Å²) in [6, 6.07) is 3.85. The van der Waals surface area contributed by atoms with Crippen molar-refractivity contribution in [2.45, 2.75) is 19.3 Å². The molecule has 1 saturated heterocycles. The number of nitrogens with zero attached hydrogens (tertiary/aromatic N) is 1. The Morgan fingerprint density at radius 2 is 2.21 bits per heavy atom. The predicted octanol–water partition coefficient (Wildman–Crippen LogP) is 1.74. The zero-order valence-corrected chi connectivity index (χ0v) is 10.6. The molecule has 1 aliphatic heterocycles. The van der Waals surface area contributed by atoms with Gasteiger partial charge in [-0.05, 0) is 24.8 Å². The first kappa shape index (κ1) is 13.9. The van der Waals surface area contributed by atoms with Gasteiger partial charge in [0.05, 0.1) is 6.42 Å². The van der Waals surface area contributed by atoms with Gasteiger partial charge in [-0.2, -0.15) is 0 Å². The average molecular weight is 269 g/mol. The number of aliphatic hydroxyl groups excluding tert-OH is 1. The van der Waals surface area contributed by atoms with E-state index in [0.29, 0.717) is 13.1 Å². The van der Waals surface area contributed by atoms with Gasteiger partial charge in [0.25, 0.3) is 0 Å². The summed E-state index contributed by atoms with van der Waals surface area (Å²) in [7, 11) is 0. The van der Waals surface area contributed by atoms with Gasteiger partial charge in [-0.3, -0.25) is 4.79 Å². The summed E-state index contributed by atoms with van der Waals surface area (Å²) in [4.78, 5) is 13.7. The van der Waals surface area contributed by atoms with Crippen molar-refractivity contribution < 1.29 is 18.7 Å². The number of rotatable bonds is 3. The fraction of sp³-hybridized carbons (Fsp3) is 0.500. The van der Waals surface area contributed by atoms with Gasteiger partial charge >= 0.3 is 0 Å². The molecule has 1 N–H and O–H groups in total. The molecule has 0 aromatic heterocycles. The largest absolute Gasteiger partial charge is 0.396 e. The molecule has 2 rings (SSSR count). The fourth-order valence-electron chi connectivity index (χ4n) is 2.40. The maximum Gasteiger partial charge on any atom is 0.227 e. The third-order valence-electron chi connectivity index (χ3n) is 3.50. The van der Waals surface area contributed by atoms with Crippen LogP contribution >= 0.6 is 0 Å². The number of carbonyl (C=O) groups is 1. The lowest BCUT2D eigenvalue weighted by molar-refractivity contribution is -0.132. The molecule has 0 spiro atoms. The fourth-order valence-corrected chi connectivity index (χ4v) is 2.40. The van der Waals surface area contributed by atoms with Gasteiger partial charge < -0.3 is 10.0 Å². The van der Waals surface area contributed by atoms with Crippen molar-refractivity contribution in [2.24, 2.45) is 5.92 Å². The maximum absolute atomic E-state index is 13.5. The molecule has 0 radical (unpaired) electrons. The Bertz CT molecular complexity index is 465. The highest BCUT2D eigenvalue weighted by Crippen LogP contribution is 2.18. The van der Waals surface area contributed by atoms with Crippen molar-refractivity contribution in [3.8, 4) is 0 Å². The van der Waals surface area contributed by atoms with Crippen LogP contribution in [0.2, 0.25) is 0 Å². The maximum atomic E-state index is 13.5. The first-order valence-corrected chi connectivity index (χ1v) is 6.43. The van der Waals surface area contributed by atoms with Crippen LogP contribution in [0.25, 0.3) is 0 Å². The quantitative estimate of drug-likeness (QED) is 0.908. The standard InChI is InChI=1S/C14H17F2NO2/c15-12-5-1-4-11(14(12)16)7-13(19)17-6-2-3-10(8-17)9-18/h1,4-5,10,18H,2-3,6-9H2. The third kappa shape index (κ3) is 3.29. The van der Waals surface area contributed by atoms with Gasteiger partial charge in [0.2, 0.25) is 5.91 Å². The molecule has 0 aliphatic carbocycles. The zero-order chi connectivity index (χ0) is 13.8. The number of hydrogen-bond donors (Lipinski definition) is 1. The van der Waals surface area contributed by atoms with Crippen LogP contribution in [0.3, 0.4) is 0 Å². The van der Waals surface area contributed by atoms with E-state index in [4.69, 9.17) is 5.11 Å². The molecule has 1 unspecified atom stereocenters. The summed E-state index contributed by atoms with van der Waals surface area (Å²) in [5, 5.41) is 9.11. The van der Waals surface area contributed by atoms with Gasteiger partial charge in [-0.25, -0.2) is 8.78 Å². The molecule has 1 aliphatic rings. The zero-order valence-electron chi connectivity index (χ0n) is 10.6. The van der Waals surface area contributed by atoms with Crippen molar-refractivity contribution in [3.63, 3.8) is 0 Å². The summed E-state index contributed by atoms with van der Waals surface area (Å²) in [6.45, 7) is 1.16. The normalized spacial score (nSPS) is 19.5. The molecule has 1 atom stereocenters. The van der Waals surface area contributed by atoms with Gasteiger partial charge in [0.1, 0.15) is 0 Å². The van der Waals surface area contributed by atoms with Crippen LogP contribution in [0.5, 0.6) is 0 Å². The van der Waals surface area contributed by atoms with E-state index in [1.165, 1.54) is 12.1 Å². The topological polar surface area (TPSA) is 40.5 Å². The van der Waals surface area contributed by atoms with Crippen molar-refractivity contribution in [3.05, 3.63) is 35.4 Å². The highest BCUT2D eigenvalue weighted by molar-refractivity contribution is 5.79. The van der Waals surface area contributed by atoms with Crippen molar-refractivity contribution in [2.75, 3.05) is 19.7 Å².